The second-order valence-corrected chi connectivity index (χ2v) is 7.09. The van der Waals surface area contributed by atoms with Crippen molar-refractivity contribution in [3.8, 4) is 5.75 Å². The van der Waals surface area contributed by atoms with Gasteiger partial charge in [-0.1, -0.05) is 24.6 Å². The van der Waals surface area contributed by atoms with Crippen LogP contribution in [0.1, 0.15) is 44.1 Å². The van der Waals surface area contributed by atoms with Crippen molar-refractivity contribution in [3.63, 3.8) is 0 Å². The number of nitrogens with two attached hydrogens (primary N) is 1. The molecule has 2 aliphatic carbocycles. The summed E-state index contributed by atoms with van der Waals surface area (Å²) in [4.78, 5) is 12.4. The molecule has 0 radical (unpaired) electrons. The Morgan fingerprint density at radius 3 is 2.65 bits per heavy atom. The van der Waals surface area contributed by atoms with Crippen molar-refractivity contribution in [1.29, 1.82) is 0 Å². The molecule has 2 saturated carbocycles. The summed E-state index contributed by atoms with van der Waals surface area (Å²) in [6.07, 6.45) is 7.07. The predicted octanol–water partition coefficient (Wildman–Crippen LogP) is 2.65. The molecule has 4 nitrogen and oxygen atoms in total. The Morgan fingerprint density at radius 2 is 1.96 bits per heavy atom. The van der Waals surface area contributed by atoms with Crippen molar-refractivity contribution in [3.05, 3.63) is 29.8 Å². The van der Waals surface area contributed by atoms with E-state index in [1.54, 1.807) is 7.11 Å². The van der Waals surface area contributed by atoms with E-state index in [9.17, 15) is 4.79 Å². The van der Waals surface area contributed by atoms with Gasteiger partial charge in [-0.15, -0.1) is 0 Å². The van der Waals surface area contributed by atoms with Crippen LogP contribution in [0, 0.1) is 11.8 Å². The summed E-state index contributed by atoms with van der Waals surface area (Å²) < 4.78 is 5.35. The number of para-hydroxylation sites is 1. The third kappa shape index (κ3) is 3.86. The molecule has 1 aromatic carbocycles. The van der Waals surface area contributed by atoms with Crippen LogP contribution in [0.4, 0.5) is 0 Å². The van der Waals surface area contributed by atoms with E-state index in [4.69, 9.17) is 10.5 Å². The molecule has 3 N–H and O–H groups in total. The van der Waals surface area contributed by atoms with E-state index in [-0.39, 0.29) is 5.91 Å². The Hall–Kier alpha value is -1.55. The first kappa shape index (κ1) is 16.3. The SMILES string of the molecule is COc1ccccc1CCC(=O)NC1C2CCCC1CC(N)C2. The van der Waals surface area contributed by atoms with Crippen molar-refractivity contribution in [2.24, 2.45) is 17.6 Å². The standard InChI is InChI=1S/C19H28N2O2/c1-23-17-8-3-2-5-13(17)9-10-18(22)21-19-14-6-4-7-15(19)12-16(20)11-14/h2-3,5,8,14-16,19H,4,6-7,9-12,20H2,1H3,(H,21,22). The zero-order valence-electron chi connectivity index (χ0n) is 14.0. The maximum Gasteiger partial charge on any atom is 0.220 e. The molecule has 0 heterocycles. The quantitative estimate of drug-likeness (QED) is 0.878. The summed E-state index contributed by atoms with van der Waals surface area (Å²) in [6.45, 7) is 0. The highest BCUT2D eigenvalue weighted by Gasteiger charge is 2.39. The second-order valence-electron chi connectivity index (χ2n) is 7.09. The van der Waals surface area contributed by atoms with Crippen LogP contribution in [0.25, 0.3) is 0 Å². The van der Waals surface area contributed by atoms with E-state index in [1.165, 1.54) is 19.3 Å². The minimum absolute atomic E-state index is 0.160. The summed E-state index contributed by atoms with van der Waals surface area (Å²) in [7, 11) is 1.67. The van der Waals surface area contributed by atoms with E-state index < -0.39 is 0 Å². The molecule has 4 heteroatoms. The van der Waals surface area contributed by atoms with E-state index in [0.717, 1.165) is 30.6 Å². The maximum absolute atomic E-state index is 12.4. The van der Waals surface area contributed by atoms with Crippen LogP contribution in [0.3, 0.4) is 0 Å². The van der Waals surface area contributed by atoms with Crippen LogP contribution in [-0.2, 0) is 11.2 Å². The van der Waals surface area contributed by atoms with Crippen LogP contribution in [0.5, 0.6) is 5.75 Å². The average molecular weight is 316 g/mol. The van der Waals surface area contributed by atoms with Gasteiger partial charge in [0, 0.05) is 18.5 Å². The van der Waals surface area contributed by atoms with Gasteiger partial charge in [0.15, 0.2) is 0 Å². The van der Waals surface area contributed by atoms with E-state index >= 15 is 0 Å². The number of aryl methyl sites for hydroxylation is 1. The molecular weight excluding hydrogens is 288 g/mol. The van der Waals surface area contributed by atoms with Gasteiger partial charge < -0.3 is 15.8 Å². The molecule has 2 fully saturated rings. The Morgan fingerprint density at radius 1 is 1.26 bits per heavy atom. The maximum atomic E-state index is 12.4. The number of carbonyl (C=O) groups is 1. The fourth-order valence-corrected chi connectivity index (χ4v) is 4.44. The number of ether oxygens (including phenoxy) is 1. The largest absolute Gasteiger partial charge is 0.496 e. The third-order valence-corrected chi connectivity index (χ3v) is 5.52. The van der Waals surface area contributed by atoms with Crippen molar-refractivity contribution >= 4 is 5.91 Å². The van der Waals surface area contributed by atoms with Gasteiger partial charge in [-0.25, -0.2) is 0 Å². The van der Waals surface area contributed by atoms with Crippen LogP contribution >= 0.6 is 0 Å². The highest BCUT2D eigenvalue weighted by atomic mass is 16.5. The molecule has 0 spiro atoms. The van der Waals surface area contributed by atoms with Gasteiger partial charge in [-0.05, 0) is 55.6 Å². The first-order valence-electron chi connectivity index (χ1n) is 8.84. The summed E-state index contributed by atoms with van der Waals surface area (Å²) in [6, 6.07) is 8.58. The fourth-order valence-electron chi connectivity index (χ4n) is 4.44. The molecule has 0 saturated heterocycles. The molecule has 2 aliphatic rings. The van der Waals surface area contributed by atoms with E-state index in [2.05, 4.69) is 5.32 Å². The minimum Gasteiger partial charge on any atom is -0.496 e. The fraction of sp³-hybridized carbons (Fsp3) is 0.632. The van der Waals surface area contributed by atoms with Crippen molar-refractivity contribution < 1.29 is 9.53 Å². The number of methoxy groups -OCH3 is 1. The molecule has 1 aromatic rings. The number of hydrogen-bond donors (Lipinski definition) is 2. The van der Waals surface area contributed by atoms with Crippen LogP contribution in [0.2, 0.25) is 0 Å². The van der Waals surface area contributed by atoms with Crippen LogP contribution < -0.4 is 15.8 Å². The topological polar surface area (TPSA) is 64.3 Å². The molecule has 2 bridgehead atoms. The van der Waals surface area contributed by atoms with Crippen LogP contribution in [0.15, 0.2) is 24.3 Å². The van der Waals surface area contributed by atoms with Gasteiger partial charge in [0.2, 0.25) is 5.91 Å². The predicted molar refractivity (Wildman–Crippen MR) is 91.3 cm³/mol. The zero-order chi connectivity index (χ0) is 16.2. The normalized spacial score (nSPS) is 29.8. The number of rotatable bonds is 5. The van der Waals surface area contributed by atoms with Crippen molar-refractivity contribution in [2.45, 2.75) is 57.0 Å². The van der Waals surface area contributed by atoms with E-state index in [0.29, 0.717) is 30.3 Å². The monoisotopic (exact) mass is 316 g/mol. The molecule has 1 amide bonds. The molecule has 0 aromatic heterocycles. The van der Waals surface area contributed by atoms with Gasteiger partial charge in [-0.2, -0.15) is 0 Å². The highest BCUT2D eigenvalue weighted by molar-refractivity contribution is 5.76. The lowest BCUT2D eigenvalue weighted by atomic mass is 9.67. The minimum atomic E-state index is 0.160. The Kier molecular flexibility index (Phi) is 5.21. The molecule has 23 heavy (non-hydrogen) atoms. The number of amides is 1. The molecule has 126 valence electrons. The number of benzene rings is 1. The number of fused-ring (bicyclic) bond motifs is 2. The second kappa shape index (κ2) is 7.35. The lowest BCUT2D eigenvalue weighted by Crippen LogP contribution is -2.53. The van der Waals surface area contributed by atoms with Gasteiger partial charge in [0.25, 0.3) is 0 Å². The number of hydrogen-bond acceptors (Lipinski definition) is 3. The van der Waals surface area contributed by atoms with Gasteiger partial charge >= 0.3 is 0 Å². The molecule has 2 unspecified atom stereocenters. The van der Waals surface area contributed by atoms with Gasteiger partial charge in [0.05, 0.1) is 7.11 Å². The smallest absolute Gasteiger partial charge is 0.220 e. The molecule has 3 rings (SSSR count). The summed E-state index contributed by atoms with van der Waals surface area (Å²) >= 11 is 0. The lowest BCUT2D eigenvalue weighted by Gasteiger charge is -2.45. The van der Waals surface area contributed by atoms with Crippen LogP contribution in [-0.4, -0.2) is 25.1 Å². The number of nitrogens with one attached hydrogen (secondary N) is 1. The summed E-state index contributed by atoms with van der Waals surface area (Å²) in [5.74, 6) is 2.18. The van der Waals surface area contributed by atoms with Crippen molar-refractivity contribution in [2.75, 3.05) is 7.11 Å². The Balaban J connectivity index is 1.55. The third-order valence-electron chi connectivity index (χ3n) is 5.52. The summed E-state index contributed by atoms with van der Waals surface area (Å²) in [5, 5.41) is 3.31. The Bertz CT molecular complexity index is 532. The molecular formula is C19H28N2O2. The lowest BCUT2D eigenvalue weighted by molar-refractivity contribution is -0.123. The molecule has 2 atom stereocenters. The Labute approximate surface area is 138 Å². The zero-order valence-corrected chi connectivity index (χ0v) is 14.0. The summed E-state index contributed by atoms with van der Waals surface area (Å²) in [5.41, 5.74) is 7.25. The van der Waals surface area contributed by atoms with Crippen molar-refractivity contribution in [1.82, 2.24) is 5.32 Å². The van der Waals surface area contributed by atoms with Gasteiger partial charge in [-0.3, -0.25) is 4.79 Å². The molecule has 0 aliphatic heterocycles. The number of carbonyl (C=O) groups excluding carboxylic acids is 1. The average Bonchev–Trinajstić information content (AvgIpc) is 2.54. The first-order valence-corrected chi connectivity index (χ1v) is 8.84. The highest BCUT2D eigenvalue weighted by Crippen LogP contribution is 2.39. The van der Waals surface area contributed by atoms with E-state index in [1.807, 2.05) is 24.3 Å². The van der Waals surface area contributed by atoms with Gasteiger partial charge in [0.1, 0.15) is 5.75 Å². The first-order chi connectivity index (χ1) is 11.2.